The molecule has 2 amide bonds. The SMILES string of the molecule is Cc1cc(C)nc(SCC(=O)N(Cc2nc(-c3ccccc3)cs2)[C@@H](C(=O)Nc2ccc(N(C)C)cc2)[C@@H]2CC=CCC2)n1. The van der Waals surface area contributed by atoms with Gasteiger partial charge in [-0.05, 0) is 69.4 Å². The number of benzene rings is 2. The highest BCUT2D eigenvalue weighted by molar-refractivity contribution is 7.99. The molecular weight excluding hydrogens is 589 g/mol. The average molecular weight is 627 g/mol. The van der Waals surface area contributed by atoms with Gasteiger partial charge in [0, 0.05) is 47.8 Å². The molecule has 5 rings (SSSR count). The summed E-state index contributed by atoms with van der Waals surface area (Å²) in [7, 11) is 3.96. The monoisotopic (exact) mass is 626 g/mol. The fourth-order valence-corrected chi connectivity index (χ4v) is 6.99. The van der Waals surface area contributed by atoms with Crippen molar-refractivity contribution < 1.29 is 9.59 Å². The second-order valence-corrected chi connectivity index (χ2v) is 13.0. The lowest BCUT2D eigenvalue weighted by molar-refractivity contribution is -0.139. The number of hydrogen-bond acceptors (Lipinski definition) is 8. The van der Waals surface area contributed by atoms with E-state index in [-0.39, 0.29) is 30.0 Å². The van der Waals surface area contributed by atoms with Gasteiger partial charge in [-0.15, -0.1) is 11.3 Å². The van der Waals surface area contributed by atoms with Crippen molar-refractivity contribution in [3.05, 3.63) is 94.6 Å². The molecule has 2 atom stereocenters. The molecule has 228 valence electrons. The van der Waals surface area contributed by atoms with Gasteiger partial charge in [-0.25, -0.2) is 15.0 Å². The molecule has 0 bridgehead atoms. The lowest BCUT2D eigenvalue weighted by atomic mass is 9.86. The Bertz CT molecular complexity index is 1580. The summed E-state index contributed by atoms with van der Waals surface area (Å²) in [5, 5.41) is 6.47. The van der Waals surface area contributed by atoms with Crippen molar-refractivity contribution in [3.63, 3.8) is 0 Å². The van der Waals surface area contributed by atoms with Crippen LogP contribution >= 0.6 is 23.1 Å². The summed E-state index contributed by atoms with van der Waals surface area (Å²) in [6.07, 6.45) is 6.69. The third-order valence-electron chi connectivity index (χ3n) is 7.55. The summed E-state index contributed by atoms with van der Waals surface area (Å²) in [6, 6.07) is 19.0. The first-order valence-electron chi connectivity index (χ1n) is 14.7. The summed E-state index contributed by atoms with van der Waals surface area (Å²) in [4.78, 5) is 46.0. The molecule has 10 heteroatoms. The molecule has 8 nitrogen and oxygen atoms in total. The van der Waals surface area contributed by atoms with Crippen LogP contribution in [0.25, 0.3) is 11.3 Å². The van der Waals surface area contributed by atoms with Crippen LogP contribution < -0.4 is 10.2 Å². The molecule has 1 aliphatic carbocycles. The van der Waals surface area contributed by atoms with E-state index in [4.69, 9.17) is 4.98 Å². The molecule has 0 saturated heterocycles. The van der Waals surface area contributed by atoms with Crippen LogP contribution in [-0.4, -0.2) is 57.6 Å². The fraction of sp³-hybridized carbons (Fsp3) is 0.324. The Balaban J connectivity index is 1.45. The number of aryl methyl sites for hydroxylation is 2. The summed E-state index contributed by atoms with van der Waals surface area (Å²) in [5.41, 5.74) is 5.32. The Kier molecular flexibility index (Phi) is 10.4. The standard InChI is InChI=1S/C34H38N6O2S2/c1-23-19-24(2)36-34(35-23)44-22-31(41)40(20-30-38-29(21-43-30)25-11-7-5-8-12-25)32(26-13-9-6-10-14-26)33(42)37-27-15-17-28(18-16-27)39(3)4/h5-9,11-12,15-19,21,26,32H,10,13-14,20,22H2,1-4H3,(H,37,42)/t26-,32-/m1/s1. The Morgan fingerprint density at radius 1 is 1.00 bits per heavy atom. The molecule has 0 unspecified atom stereocenters. The predicted molar refractivity (Wildman–Crippen MR) is 180 cm³/mol. The minimum atomic E-state index is -0.675. The van der Waals surface area contributed by atoms with Gasteiger partial charge in [0.25, 0.3) is 0 Å². The van der Waals surface area contributed by atoms with Gasteiger partial charge in [0.2, 0.25) is 11.8 Å². The number of anilines is 2. The molecule has 2 heterocycles. The van der Waals surface area contributed by atoms with Gasteiger partial charge in [0.05, 0.1) is 18.0 Å². The lowest BCUT2D eigenvalue weighted by Gasteiger charge is -2.36. The van der Waals surface area contributed by atoms with E-state index in [0.717, 1.165) is 52.6 Å². The largest absolute Gasteiger partial charge is 0.378 e. The number of hydrogen-bond donors (Lipinski definition) is 1. The molecule has 0 spiro atoms. The summed E-state index contributed by atoms with van der Waals surface area (Å²) >= 11 is 2.81. The van der Waals surface area contributed by atoms with Crippen molar-refractivity contribution in [2.24, 2.45) is 5.92 Å². The Morgan fingerprint density at radius 2 is 1.73 bits per heavy atom. The zero-order chi connectivity index (χ0) is 31.1. The number of thiazole rings is 1. The highest BCUT2D eigenvalue weighted by Crippen LogP contribution is 2.30. The smallest absolute Gasteiger partial charge is 0.247 e. The van der Waals surface area contributed by atoms with Crippen LogP contribution in [0.5, 0.6) is 0 Å². The molecule has 1 N–H and O–H groups in total. The second kappa shape index (κ2) is 14.6. The number of nitrogens with zero attached hydrogens (tertiary/aromatic N) is 5. The molecule has 44 heavy (non-hydrogen) atoms. The quantitative estimate of drug-likeness (QED) is 0.112. The van der Waals surface area contributed by atoms with Gasteiger partial charge >= 0.3 is 0 Å². The third-order valence-corrected chi connectivity index (χ3v) is 9.21. The van der Waals surface area contributed by atoms with Crippen LogP contribution in [0.2, 0.25) is 0 Å². The highest BCUT2D eigenvalue weighted by atomic mass is 32.2. The molecule has 0 aliphatic heterocycles. The van der Waals surface area contributed by atoms with Gasteiger partial charge < -0.3 is 15.1 Å². The highest BCUT2D eigenvalue weighted by Gasteiger charge is 2.37. The second-order valence-electron chi connectivity index (χ2n) is 11.2. The van der Waals surface area contributed by atoms with Crippen molar-refractivity contribution >= 4 is 46.3 Å². The number of aromatic nitrogens is 3. The number of amides is 2. The number of rotatable bonds is 11. The summed E-state index contributed by atoms with van der Waals surface area (Å²) < 4.78 is 0. The summed E-state index contributed by atoms with van der Waals surface area (Å²) in [6.45, 7) is 4.08. The molecule has 1 aliphatic rings. The maximum Gasteiger partial charge on any atom is 0.247 e. The van der Waals surface area contributed by atoms with Gasteiger partial charge in [0.1, 0.15) is 11.0 Å². The average Bonchev–Trinajstić information content (AvgIpc) is 3.49. The minimum absolute atomic E-state index is 0.0268. The topological polar surface area (TPSA) is 91.3 Å². The van der Waals surface area contributed by atoms with Crippen LogP contribution in [0.15, 0.2) is 83.4 Å². The number of carbonyl (C=O) groups excluding carboxylic acids is 2. The Labute approximate surface area is 267 Å². The zero-order valence-electron chi connectivity index (χ0n) is 25.6. The number of allylic oxidation sites excluding steroid dienone is 2. The van der Waals surface area contributed by atoms with Gasteiger partial charge in [-0.1, -0.05) is 54.2 Å². The van der Waals surface area contributed by atoms with Gasteiger partial charge in [-0.3, -0.25) is 9.59 Å². The van der Waals surface area contributed by atoms with E-state index >= 15 is 0 Å². The first-order chi connectivity index (χ1) is 21.3. The molecule has 0 saturated carbocycles. The van der Waals surface area contributed by atoms with Gasteiger partial charge in [0.15, 0.2) is 5.16 Å². The van der Waals surface area contributed by atoms with E-state index in [2.05, 4.69) is 27.4 Å². The Hall–Kier alpha value is -4.02. The maximum atomic E-state index is 14.2. The van der Waals surface area contributed by atoms with Crippen LogP contribution in [0, 0.1) is 19.8 Å². The van der Waals surface area contributed by atoms with E-state index in [0.29, 0.717) is 10.8 Å². The third kappa shape index (κ3) is 8.12. The number of carbonyl (C=O) groups is 2. The van der Waals surface area contributed by atoms with Crippen LogP contribution in [0.4, 0.5) is 11.4 Å². The van der Waals surface area contributed by atoms with E-state index in [1.165, 1.54) is 23.1 Å². The van der Waals surface area contributed by atoms with Crippen molar-refractivity contribution in [3.8, 4) is 11.3 Å². The molecule has 4 aromatic rings. The number of thioether (sulfide) groups is 1. The van der Waals surface area contributed by atoms with E-state index < -0.39 is 6.04 Å². The maximum absolute atomic E-state index is 14.2. The fourth-order valence-electron chi connectivity index (χ4n) is 5.35. The molecule has 0 radical (unpaired) electrons. The Morgan fingerprint density at radius 3 is 2.39 bits per heavy atom. The van der Waals surface area contributed by atoms with Crippen molar-refractivity contribution in [1.29, 1.82) is 0 Å². The number of nitrogens with one attached hydrogen (secondary N) is 1. The predicted octanol–water partition coefficient (Wildman–Crippen LogP) is 6.77. The van der Waals surface area contributed by atoms with Crippen LogP contribution in [0.3, 0.4) is 0 Å². The molecule has 2 aromatic heterocycles. The van der Waals surface area contributed by atoms with Gasteiger partial charge in [-0.2, -0.15) is 0 Å². The van der Waals surface area contributed by atoms with Crippen molar-refractivity contribution in [2.45, 2.75) is 50.9 Å². The normalized spacial score (nSPS) is 15.0. The molecule has 0 fully saturated rings. The summed E-state index contributed by atoms with van der Waals surface area (Å²) in [5.74, 6) is -0.249. The molecule has 2 aromatic carbocycles. The first kappa shape index (κ1) is 31.4. The zero-order valence-corrected chi connectivity index (χ0v) is 27.2. The lowest BCUT2D eigenvalue weighted by Crippen LogP contribution is -2.51. The van der Waals surface area contributed by atoms with E-state index in [9.17, 15) is 9.59 Å². The minimum Gasteiger partial charge on any atom is -0.378 e. The van der Waals surface area contributed by atoms with E-state index in [1.54, 1.807) is 4.90 Å². The van der Waals surface area contributed by atoms with E-state index in [1.807, 2.05) is 98.9 Å². The molecular formula is C34H38N6O2S2. The van der Waals surface area contributed by atoms with Crippen molar-refractivity contribution in [2.75, 3.05) is 30.1 Å². The van der Waals surface area contributed by atoms with Crippen molar-refractivity contribution in [1.82, 2.24) is 19.9 Å². The van der Waals surface area contributed by atoms with Crippen LogP contribution in [0.1, 0.15) is 35.7 Å². The first-order valence-corrected chi connectivity index (χ1v) is 16.6. The van der Waals surface area contributed by atoms with Crippen LogP contribution in [-0.2, 0) is 16.1 Å².